The summed E-state index contributed by atoms with van der Waals surface area (Å²) in [5, 5.41) is 3.43. The summed E-state index contributed by atoms with van der Waals surface area (Å²) < 4.78 is 19.1. The molecule has 0 radical (unpaired) electrons. The number of benzene rings is 1. The SMILES string of the molecule is CCN(CCNC(C)C)CC1Cc2cc(F)ccc2O1. The van der Waals surface area contributed by atoms with Crippen molar-refractivity contribution in [3.63, 3.8) is 0 Å². The number of ether oxygens (including phenoxy) is 1. The summed E-state index contributed by atoms with van der Waals surface area (Å²) in [7, 11) is 0. The monoisotopic (exact) mass is 280 g/mol. The number of rotatable bonds is 7. The van der Waals surface area contributed by atoms with Crippen molar-refractivity contribution in [2.45, 2.75) is 39.3 Å². The smallest absolute Gasteiger partial charge is 0.123 e. The zero-order valence-electron chi connectivity index (χ0n) is 12.7. The number of likely N-dealkylation sites (N-methyl/N-ethyl adjacent to an activating group) is 1. The molecule has 0 spiro atoms. The van der Waals surface area contributed by atoms with Gasteiger partial charge in [-0.1, -0.05) is 20.8 Å². The molecule has 0 bridgehead atoms. The Kier molecular flexibility index (Phi) is 5.38. The Hall–Kier alpha value is -1.13. The Morgan fingerprint density at radius 3 is 2.95 bits per heavy atom. The Labute approximate surface area is 121 Å². The summed E-state index contributed by atoms with van der Waals surface area (Å²) in [5.74, 6) is 0.661. The number of nitrogens with one attached hydrogen (secondary N) is 1. The molecule has 1 atom stereocenters. The lowest BCUT2D eigenvalue weighted by molar-refractivity contribution is 0.154. The Bertz CT molecular complexity index is 436. The van der Waals surface area contributed by atoms with Gasteiger partial charge in [0.15, 0.2) is 0 Å². The van der Waals surface area contributed by atoms with Gasteiger partial charge in [0.05, 0.1) is 0 Å². The minimum Gasteiger partial charge on any atom is -0.488 e. The first-order valence-corrected chi connectivity index (χ1v) is 7.49. The third kappa shape index (κ3) is 4.18. The number of fused-ring (bicyclic) bond motifs is 1. The third-order valence-corrected chi connectivity index (χ3v) is 3.65. The van der Waals surface area contributed by atoms with Gasteiger partial charge in [0.2, 0.25) is 0 Å². The van der Waals surface area contributed by atoms with Crippen LogP contribution in [0.15, 0.2) is 18.2 Å². The molecule has 0 saturated carbocycles. The molecule has 1 N–H and O–H groups in total. The highest BCUT2D eigenvalue weighted by Gasteiger charge is 2.24. The second kappa shape index (κ2) is 7.04. The molecule has 4 heteroatoms. The van der Waals surface area contributed by atoms with E-state index in [0.717, 1.165) is 43.9 Å². The van der Waals surface area contributed by atoms with Gasteiger partial charge in [-0.25, -0.2) is 4.39 Å². The highest BCUT2D eigenvalue weighted by molar-refractivity contribution is 5.37. The van der Waals surface area contributed by atoms with E-state index >= 15 is 0 Å². The van der Waals surface area contributed by atoms with Crippen molar-refractivity contribution in [2.24, 2.45) is 0 Å². The van der Waals surface area contributed by atoms with E-state index in [1.54, 1.807) is 12.1 Å². The van der Waals surface area contributed by atoms with Crippen LogP contribution in [-0.4, -0.2) is 43.2 Å². The summed E-state index contributed by atoms with van der Waals surface area (Å²) in [5.41, 5.74) is 0.992. The average molecular weight is 280 g/mol. The lowest BCUT2D eigenvalue weighted by atomic mass is 10.1. The lowest BCUT2D eigenvalue weighted by Gasteiger charge is -2.24. The zero-order valence-corrected chi connectivity index (χ0v) is 12.7. The van der Waals surface area contributed by atoms with E-state index in [2.05, 4.69) is 31.0 Å². The van der Waals surface area contributed by atoms with E-state index in [9.17, 15) is 4.39 Å². The van der Waals surface area contributed by atoms with Crippen molar-refractivity contribution in [3.05, 3.63) is 29.6 Å². The van der Waals surface area contributed by atoms with Crippen LogP contribution in [0.3, 0.4) is 0 Å². The molecule has 0 amide bonds. The van der Waals surface area contributed by atoms with Crippen LogP contribution in [0.25, 0.3) is 0 Å². The van der Waals surface area contributed by atoms with E-state index in [-0.39, 0.29) is 11.9 Å². The second-order valence-electron chi connectivity index (χ2n) is 5.70. The van der Waals surface area contributed by atoms with Gasteiger partial charge in [-0.3, -0.25) is 4.90 Å². The fraction of sp³-hybridized carbons (Fsp3) is 0.625. The maximum Gasteiger partial charge on any atom is 0.123 e. The first-order valence-electron chi connectivity index (χ1n) is 7.49. The summed E-state index contributed by atoms with van der Waals surface area (Å²) in [4.78, 5) is 2.38. The van der Waals surface area contributed by atoms with Crippen LogP contribution in [0.5, 0.6) is 5.75 Å². The maximum absolute atomic E-state index is 13.2. The minimum atomic E-state index is -0.179. The van der Waals surface area contributed by atoms with Gasteiger partial charge < -0.3 is 10.1 Å². The molecular weight excluding hydrogens is 255 g/mol. The predicted octanol–water partition coefficient (Wildman–Crippen LogP) is 2.45. The summed E-state index contributed by atoms with van der Waals surface area (Å²) in [6, 6.07) is 5.31. The Balaban J connectivity index is 1.82. The molecule has 0 aromatic heterocycles. The van der Waals surface area contributed by atoms with Crippen molar-refractivity contribution in [1.82, 2.24) is 10.2 Å². The van der Waals surface area contributed by atoms with Crippen LogP contribution in [-0.2, 0) is 6.42 Å². The molecular formula is C16H25FN2O. The summed E-state index contributed by atoms with van der Waals surface area (Å²) in [6.07, 6.45) is 0.951. The highest BCUT2D eigenvalue weighted by atomic mass is 19.1. The van der Waals surface area contributed by atoms with Crippen LogP contribution >= 0.6 is 0 Å². The Morgan fingerprint density at radius 2 is 2.25 bits per heavy atom. The van der Waals surface area contributed by atoms with Crippen LogP contribution in [0.1, 0.15) is 26.3 Å². The molecule has 0 fully saturated rings. The largest absolute Gasteiger partial charge is 0.488 e. The summed E-state index contributed by atoms with van der Waals surface area (Å²) in [6.45, 7) is 10.4. The van der Waals surface area contributed by atoms with Crippen molar-refractivity contribution in [1.29, 1.82) is 0 Å². The molecule has 1 aromatic rings. The third-order valence-electron chi connectivity index (χ3n) is 3.65. The molecule has 112 valence electrons. The van der Waals surface area contributed by atoms with Gasteiger partial charge in [0.1, 0.15) is 17.7 Å². The van der Waals surface area contributed by atoms with Crippen LogP contribution in [0.4, 0.5) is 4.39 Å². The van der Waals surface area contributed by atoms with Gasteiger partial charge in [-0.2, -0.15) is 0 Å². The van der Waals surface area contributed by atoms with Gasteiger partial charge >= 0.3 is 0 Å². The molecule has 1 aromatic carbocycles. The molecule has 0 saturated heterocycles. The second-order valence-corrected chi connectivity index (χ2v) is 5.70. The standard InChI is InChI=1S/C16H25FN2O/c1-4-19(8-7-18-12(2)3)11-15-10-13-9-14(17)5-6-16(13)20-15/h5-6,9,12,15,18H,4,7-8,10-11H2,1-3H3. The number of halogens is 1. The molecule has 2 rings (SSSR count). The van der Waals surface area contributed by atoms with E-state index in [1.807, 2.05) is 0 Å². The number of hydrogen-bond acceptors (Lipinski definition) is 3. The van der Waals surface area contributed by atoms with Crippen LogP contribution in [0.2, 0.25) is 0 Å². The Morgan fingerprint density at radius 1 is 1.45 bits per heavy atom. The van der Waals surface area contributed by atoms with E-state index in [4.69, 9.17) is 4.74 Å². The van der Waals surface area contributed by atoms with Gasteiger partial charge in [0, 0.05) is 37.7 Å². The first-order chi connectivity index (χ1) is 9.58. The topological polar surface area (TPSA) is 24.5 Å². The molecule has 1 aliphatic rings. The minimum absolute atomic E-state index is 0.144. The van der Waals surface area contributed by atoms with Gasteiger partial charge in [0.25, 0.3) is 0 Å². The molecule has 1 unspecified atom stereocenters. The van der Waals surface area contributed by atoms with Crippen molar-refractivity contribution in [2.75, 3.05) is 26.2 Å². The normalized spacial score (nSPS) is 17.6. The fourth-order valence-corrected chi connectivity index (χ4v) is 2.57. The number of nitrogens with zero attached hydrogens (tertiary/aromatic N) is 1. The zero-order chi connectivity index (χ0) is 14.5. The van der Waals surface area contributed by atoms with Crippen molar-refractivity contribution in [3.8, 4) is 5.75 Å². The van der Waals surface area contributed by atoms with Crippen LogP contribution < -0.4 is 10.1 Å². The quantitative estimate of drug-likeness (QED) is 0.830. The summed E-state index contributed by atoms with van der Waals surface area (Å²) >= 11 is 0. The first kappa shape index (κ1) is 15.3. The lowest BCUT2D eigenvalue weighted by Crippen LogP contribution is -2.40. The molecule has 1 heterocycles. The fourth-order valence-electron chi connectivity index (χ4n) is 2.57. The van der Waals surface area contributed by atoms with Gasteiger partial charge in [-0.05, 0) is 24.7 Å². The van der Waals surface area contributed by atoms with E-state index in [1.165, 1.54) is 6.07 Å². The molecule has 1 aliphatic heterocycles. The molecule has 0 aliphatic carbocycles. The van der Waals surface area contributed by atoms with Gasteiger partial charge in [-0.15, -0.1) is 0 Å². The van der Waals surface area contributed by atoms with Crippen LogP contribution in [0, 0.1) is 5.82 Å². The van der Waals surface area contributed by atoms with E-state index in [0.29, 0.717) is 6.04 Å². The van der Waals surface area contributed by atoms with Crippen molar-refractivity contribution >= 4 is 0 Å². The molecule has 3 nitrogen and oxygen atoms in total. The highest BCUT2D eigenvalue weighted by Crippen LogP contribution is 2.29. The van der Waals surface area contributed by atoms with E-state index < -0.39 is 0 Å². The number of hydrogen-bond donors (Lipinski definition) is 1. The predicted molar refractivity (Wildman–Crippen MR) is 79.8 cm³/mol. The molecule has 20 heavy (non-hydrogen) atoms. The van der Waals surface area contributed by atoms with Crippen molar-refractivity contribution < 1.29 is 9.13 Å². The average Bonchev–Trinajstić information content (AvgIpc) is 2.78. The maximum atomic E-state index is 13.2.